The highest BCUT2D eigenvalue weighted by atomic mass is 16.3. The van der Waals surface area contributed by atoms with Gasteiger partial charge < -0.3 is 15.3 Å². The molecule has 0 aromatic carbocycles. The Morgan fingerprint density at radius 3 is 2.55 bits per heavy atom. The van der Waals surface area contributed by atoms with Crippen LogP contribution in [-0.2, 0) is 4.79 Å². The second-order valence-electron chi connectivity index (χ2n) is 6.50. The number of hydrogen-bond acceptors (Lipinski definition) is 4. The first kappa shape index (κ1) is 14.3. The number of carbonyl (C=O) groups is 1. The zero-order valence-electron chi connectivity index (χ0n) is 12.3. The normalized spacial score (nSPS) is 33.5. The van der Waals surface area contributed by atoms with Crippen LogP contribution in [0.5, 0.6) is 0 Å². The fraction of sp³-hybridized carbons (Fsp3) is 0.933. The van der Waals surface area contributed by atoms with Gasteiger partial charge in [-0.1, -0.05) is 12.8 Å². The lowest BCUT2D eigenvalue weighted by molar-refractivity contribution is -0.133. The van der Waals surface area contributed by atoms with Crippen LogP contribution in [0, 0.1) is 0 Å². The summed E-state index contributed by atoms with van der Waals surface area (Å²) < 4.78 is 0. The predicted octanol–water partition coefficient (Wildman–Crippen LogP) is 0.186. The summed E-state index contributed by atoms with van der Waals surface area (Å²) in [7, 11) is 0. The van der Waals surface area contributed by atoms with E-state index in [0.29, 0.717) is 13.0 Å². The van der Waals surface area contributed by atoms with Crippen molar-refractivity contribution in [3.8, 4) is 0 Å². The highest BCUT2D eigenvalue weighted by Gasteiger charge is 2.33. The van der Waals surface area contributed by atoms with E-state index in [4.69, 9.17) is 0 Å². The molecule has 3 aliphatic rings. The first-order valence-electron chi connectivity index (χ1n) is 8.18. The minimum Gasteiger partial charge on any atom is -0.392 e. The van der Waals surface area contributed by atoms with Crippen LogP contribution in [-0.4, -0.2) is 71.7 Å². The van der Waals surface area contributed by atoms with Gasteiger partial charge in [-0.15, -0.1) is 0 Å². The first-order chi connectivity index (χ1) is 9.74. The van der Waals surface area contributed by atoms with Gasteiger partial charge in [0.25, 0.3) is 0 Å². The topological polar surface area (TPSA) is 55.8 Å². The van der Waals surface area contributed by atoms with Crippen molar-refractivity contribution in [2.24, 2.45) is 0 Å². The Kier molecular flexibility index (Phi) is 4.58. The highest BCUT2D eigenvalue weighted by Crippen LogP contribution is 2.24. The summed E-state index contributed by atoms with van der Waals surface area (Å²) in [6.07, 6.45) is 6.71. The standard InChI is InChI=1S/C15H27N3O2/c19-13-10-14(16-11-13)15(20)18-7-3-6-17(8-9-18)12-4-1-2-5-12/h12-14,16,19H,1-11H2/t13-,14-/m1/s1. The fourth-order valence-corrected chi connectivity index (χ4v) is 3.92. The zero-order valence-corrected chi connectivity index (χ0v) is 12.3. The molecule has 2 aliphatic heterocycles. The van der Waals surface area contributed by atoms with Crippen LogP contribution in [0.2, 0.25) is 0 Å². The molecule has 0 unspecified atom stereocenters. The lowest BCUT2D eigenvalue weighted by Crippen LogP contribution is -2.45. The fourth-order valence-electron chi connectivity index (χ4n) is 3.92. The van der Waals surface area contributed by atoms with Crippen molar-refractivity contribution in [1.82, 2.24) is 15.1 Å². The molecular weight excluding hydrogens is 254 g/mol. The number of carbonyl (C=O) groups excluding carboxylic acids is 1. The van der Waals surface area contributed by atoms with Crippen molar-refractivity contribution in [3.05, 3.63) is 0 Å². The highest BCUT2D eigenvalue weighted by molar-refractivity contribution is 5.82. The summed E-state index contributed by atoms with van der Waals surface area (Å²) in [6.45, 7) is 4.43. The van der Waals surface area contributed by atoms with Crippen LogP contribution >= 0.6 is 0 Å². The molecule has 3 fully saturated rings. The molecule has 0 aromatic rings. The molecule has 20 heavy (non-hydrogen) atoms. The monoisotopic (exact) mass is 281 g/mol. The molecule has 5 nitrogen and oxygen atoms in total. The zero-order chi connectivity index (χ0) is 13.9. The van der Waals surface area contributed by atoms with E-state index in [1.165, 1.54) is 25.7 Å². The van der Waals surface area contributed by atoms with Crippen molar-refractivity contribution in [1.29, 1.82) is 0 Å². The van der Waals surface area contributed by atoms with E-state index < -0.39 is 0 Å². The van der Waals surface area contributed by atoms with Gasteiger partial charge in [-0.3, -0.25) is 9.69 Å². The van der Waals surface area contributed by atoms with Crippen molar-refractivity contribution in [3.63, 3.8) is 0 Å². The minimum absolute atomic E-state index is 0.164. The number of amides is 1. The molecule has 0 radical (unpaired) electrons. The van der Waals surface area contributed by atoms with Gasteiger partial charge in [0.1, 0.15) is 0 Å². The molecule has 5 heteroatoms. The van der Waals surface area contributed by atoms with Gasteiger partial charge in [-0.05, 0) is 25.7 Å². The average Bonchev–Trinajstić information content (AvgIpc) is 3.05. The summed E-state index contributed by atoms with van der Waals surface area (Å²) in [4.78, 5) is 17.1. The van der Waals surface area contributed by atoms with Gasteiger partial charge in [0.2, 0.25) is 5.91 Å². The van der Waals surface area contributed by atoms with E-state index in [1.807, 2.05) is 4.90 Å². The van der Waals surface area contributed by atoms with Gasteiger partial charge >= 0.3 is 0 Å². The molecule has 114 valence electrons. The molecule has 0 spiro atoms. The lowest BCUT2D eigenvalue weighted by atomic mass is 10.2. The Balaban J connectivity index is 1.52. The number of hydrogen-bond donors (Lipinski definition) is 2. The Bertz CT molecular complexity index is 344. The Morgan fingerprint density at radius 1 is 1.05 bits per heavy atom. The third kappa shape index (κ3) is 3.15. The third-order valence-electron chi connectivity index (χ3n) is 5.09. The lowest BCUT2D eigenvalue weighted by Gasteiger charge is -2.28. The second kappa shape index (κ2) is 6.41. The van der Waals surface area contributed by atoms with E-state index in [0.717, 1.165) is 38.6 Å². The summed E-state index contributed by atoms with van der Waals surface area (Å²) in [5.74, 6) is 0.190. The van der Waals surface area contributed by atoms with E-state index in [1.54, 1.807) is 0 Å². The molecule has 2 heterocycles. The summed E-state index contributed by atoms with van der Waals surface area (Å²) in [6, 6.07) is 0.597. The molecule has 1 aliphatic carbocycles. The molecule has 2 atom stereocenters. The third-order valence-corrected chi connectivity index (χ3v) is 5.09. The molecule has 3 rings (SSSR count). The van der Waals surface area contributed by atoms with Gasteiger partial charge in [0.05, 0.1) is 12.1 Å². The van der Waals surface area contributed by atoms with Crippen LogP contribution in [0.15, 0.2) is 0 Å². The molecule has 0 aromatic heterocycles. The maximum atomic E-state index is 12.5. The van der Waals surface area contributed by atoms with Crippen LogP contribution in [0.3, 0.4) is 0 Å². The Hall–Kier alpha value is -0.650. The van der Waals surface area contributed by atoms with E-state index in [9.17, 15) is 9.90 Å². The maximum absolute atomic E-state index is 12.5. The smallest absolute Gasteiger partial charge is 0.239 e. The summed E-state index contributed by atoms with van der Waals surface area (Å²) in [5, 5.41) is 12.7. The van der Waals surface area contributed by atoms with Gasteiger partial charge in [0.15, 0.2) is 0 Å². The quantitative estimate of drug-likeness (QED) is 0.758. The molecule has 2 saturated heterocycles. The number of aliphatic hydroxyl groups is 1. The van der Waals surface area contributed by atoms with Gasteiger partial charge in [-0.25, -0.2) is 0 Å². The maximum Gasteiger partial charge on any atom is 0.239 e. The number of nitrogens with zero attached hydrogens (tertiary/aromatic N) is 2. The molecule has 0 bridgehead atoms. The van der Waals surface area contributed by atoms with Crippen molar-refractivity contribution < 1.29 is 9.90 Å². The van der Waals surface area contributed by atoms with E-state index in [2.05, 4.69) is 10.2 Å². The van der Waals surface area contributed by atoms with E-state index >= 15 is 0 Å². The SMILES string of the molecule is O=C([C@H]1C[C@@H](O)CN1)N1CCCN(C2CCCC2)CC1. The van der Waals surface area contributed by atoms with Gasteiger partial charge in [-0.2, -0.15) is 0 Å². The molecule has 2 N–H and O–H groups in total. The average molecular weight is 281 g/mol. The number of rotatable bonds is 2. The largest absolute Gasteiger partial charge is 0.392 e. The van der Waals surface area contributed by atoms with E-state index in [-0.39, 0.29) is 18.1 Å². The van der Waals surface area contributed by atoms with Crippen LogP contribution < -0.4 is 5.32 Å². The Labute approximate surface area is 121 Å². The van der Waals surface area contributed by atoms with Crippen molar-refractivity contribution in [2.45, 2.75) is 56.7 Å². The Morgan fingerprint density at radius 2 is 1.85 bits per heavy atom. The van der Waals surface area contributed by atoms with Crippen LogP contribution in [0.25, 0.3) is 0 Å². The minimum atomic E-state index is -0.356. The first-order valence-corrected chi connectivity index (χ1v) is 8.18. The van der Waals surface area contributed by atoms with Gasteiger partial charge in [0, 0.05) is 38.8 Å². The number of aliphatic hydroxyl groups excluding tert-OH is 1. The molecule has 1 saturated carbocycles. The summed E-state index contributed by atoms with van der Waals surface area (Å²) >= 11 is 0. The number of β-amino-alcohol motifs (C(OH)–C–C–N with tert-alkyl or cyclic N) is 1. The second-order valence-corrected chi connectivity index (χ2v) is 6.50. The number of nitrogens with one attached hydrogen (secondary N) is 1. The van der Waals surface area contributed by atoms with Crippen molar-refractivity contribution >= 4 is 5.91 Å². The van der Waals surface area contributed by atoms with Crippen molar-refractivity contribution in [2.75, 3.05) is 32.7 Å². The molecule has 1 amide bonds. The van der Waals surface area contributed by atoms with Crippen LogP contribution in [0.1, 0.15) is 38.5 Å². The summed E-state index contributed by atoms with van der Waals surface area (Å²) in [5.41, 5.74) is 0. The predicted molar refractivity (Wildman–Crippen MR) is 77.4 cm³/mol. The van der Waals surface area contributed by atoms with Crippen LogP contribution in [0.4, 0.5) is 0 Å². The molecular formula is C15H27N3O2.